The van der Waals surface area contributed by atoms with Gasteiger partial charge in [-0.1, -0.05) is 12.1 Å². The number of aromatic nitrogens is 1. The molecular weight excluding hydrogens is 328 g/mol. The van der Waals surface area contributed by atoms with E-state index in [9.17, 15) is 9.59 Å². The molecule has 0 bridgehead atoms. The zero-order valence-electron chi connectivity index (χ0n) is 13.8. The van der Waals surface area contributed by atoms with Crippen molar-refractivity contribution in [3.63, 3.8) is 0 Å². The number of nitrogens with one attached hydrogen (secondary N) is 1. The van der Waals surface area contributed by atoms with E-state index in [0.29, 0.717) is 11.3 Å². The van der Waals surface area contributed by atoms with Gasteiger partial charge >= 0.3 is 5.97 Å². The molecule has 6 heteroatoms. The van der Waals surface area contributed by atoms with Crippen LogP contribution in [0, 0.1) is 5.92 Å². The van der Waals surface area contributed by atoms with Gasteiger partial charge in [0.1, 0.15) is 5.56 Å². The molecule has 1 saturated heterocycles. The summed E-state index contributed by atoms with van der Waals surface area (Å²) >= 11 is 0. The second-order valence-corrected chi connectivity index (χ2v) is 5.96. The molecule has 1 aliphatic heterocycles. The van der Waals surface area contributed by atoms with Gasteiger partial charge in [-0.3, -0.25) is 4.79 Å². The van der Waals surface area contributed by atoms with Crippen LogP contribution >= 0.6 is 12.4 Å². The van der Waals surface area contributed by atoms with Crippen LogP contribution in [0.1, 0.15) is 30.1 Å². The van der Waals surface area contributed by atoms with Crippen molar-refractivity contribution in [3.8, 4) is 0 Å². The number of ether oxygens (including phenoxy) is 1. The Morgan fingerprint density at radius 1 is 1.29 bits per heavy atom. The molecule has 2 heterocycles. The Bertz CT molecular complexity index is 766. The number of benzene rings is 1. The molecule has 0 amide bonds. The molecule has 1 aromatic carbocycles. The zero-order chi connectivity index (χ0) is 16.2. The SMILES string of the molecule is CCOC(=O)c1cn(CC2CCNCC2)c2ccccc2c1=O.Cl. The lowest BCUT2D eigenvalue weighted by Gasteiger charge is -2.24. The lowest BCUT2D eigenvalue weighted by Crippen LogP contribution is -2.30. The average Bonchev–Trinajstić information content (AvgIpc) is 2.58. The van der Waals surface area contributed by atoms with Crippen LogP contribution < -0.4 is 10.7 Å². The lowest BCUT2D eigenvalue weighted by atomic mass is 9.97. The van der Waals surface area contributed by atoms with E-state index in [2.05, 4.69) is 5.32 Å². The highest BCUT2D eigenvalue weighted by atomic mass is 35.5. The quantitative estimate of drug-likeness (QED) is 0.861. The highest BCUT2D eigenvalue weighted by Crippen LogP contribution is 2.19. The summed E-state index contributed by atoms with van der Waals surface area (Å²) in [4.78, 5) is 24.7. The van der Waals surface area contributed by atoms with Crippen LogP contribution in [0.2, 0.25) is 0 Å². The van der Waals surface area contributed by atoms with Gasteiger partial charge in [-0.15, -0.1) is 12.4 Å². The molecule has 130 valence electrons. The minimum atomic E-state index is -0.540. The Morgan fingerprint density at radius 2 is 2.00 bits per heavy atom. The molecule has 0 aliphatic carbocycles. The first-order valence-electron chi connectivity index (χ1n) is 8.20. The third-order valence-electron chi connectivity index (χ3n) is 4.40. The van der Waals surface area contributed by atoms with Crippen LogP contribution in [0.25, 0.3) is 10.9 Å². The van der Waals surface area contributed by atoms with E-state index in [0.717, 1.165) is 38.0 Å². The molecule has 2 aromatic rings. The van der Waals surface area contributed by atoms with E-state index < -0.39 is 5.97 Å². The van der Waals surface area contributed by atoms with Gasteiger partial charge in [-0.25, -0.2) is 4.79 Å². The molecule has 0 unspecified atom stereocenters. The monoisotopic (exact) mass is 350 g/mol. The Hall–Kier alpha value is -1.85. The molecule has 24 heavy (non-hydrogen) atoms. The molecule has 0 atom stereocenters. The maximum atomic E-state index is 12.6. The standard InChI is InChI=1S/C18H22N2O3.ClH/c1-2-23-18(22)15-12-20(11-13-7-9-19-10-8-13)16-6-4-3-5-14(16)17(15)21;/h3-6,12-13,19H,2,7-11H2,1H3;1H. The fourth-order valence-corrected chi connectivity index (χ4v) is 3.19. The summed E-state index contributed by atoms with van der Waals surface area (Å²) in [5.41, 5.74) is 0.754. The minimum Gasteiger partial charge on any atom is -0.462 e. The molecule has 0 spiro atoms. The molecular formula is C18H23ClN2O3. The molecule has 1 aliphatic rings. The largest absolute Gasteiger partial charge is 0.462 e. The van der Waals surface area contributed by atoms with Crippen LogP contribution in [0.3, 0.4) is 0 Å². The van der Waals surface area contributed by atoms with Crippen molar-refractivity contribution in [1.29, 1.82) is 0 Å². The second-order valence-electron chi connectivity index (χ2n) is 5.96. The van der Waals surface area contributed by atoms with Crippen molar-refractivity contribution in [2.45, 2.75) is 26.3 Å². The van der Waals surface area contributed by atoms with Gasteiger partial charge in [0.05, 0.1) is 12.1 Å². The minimum absolute atomic E-state index is 0. The second kappa shape index (κ2) is 8.31. The number of rotatable bonds is 4. The molecule has 3 rings (SSSR count). The zero-order valence-corrected chi connectivity index (χ0v) is 14.6. The molecule has 0 radical (unpaired) electrons. The number of carbonyl (C=O) groups is 1. The van der Waals surface area contributed by atoms with Crippen LogP contribution in [-0.2, 0) is 11.3 Å². The van der Waals surface area contributed by atoms with Crippen molar-refractivity contribution in [1.82, 2.24) is 9.88 Å². The van der Waals surface area contributed by atoms with Crippen LogP contribution in [0.4, 0.5) is 0 Å². The number of pyridine rings is 1. The Kier molecular flexibility index (Phi) is 6.40. The highest BCUT2D eigenvalue weighted by molar-refractivity contribution is 5.93. The van der Waals surface area contributed by atoms with Crippen LogP contribution in [0.5, 0.6) is 0 Å². The normalized spacial score (nSPS) is 15.0. The van der Waals surface area contributed by atoms with Crippen molar-refractivity contribution in [2.75, 3.05) is 19.7 Å². The fourth-order valence-electron chi connectivity index (χ4n) is 3.19. The highest BCUT2D eigenvalue weighted by Gasteiger charge is 2.19. The first-order valence-corrected chi connectivity index (χ1v) is 8.20. The summed E-state index contributed by atoms with van der Waals surface area (Å²) in [6, 6.07) is 7.46. The van der Waals surface area contributed by atoms with Crippen LogP contribution in [0.15, 0.2) is 35.3 Å². The third kappa shape index (κ3) is 3.79. The first kappa shape index (κ1) is 18.5. The van der Waals surface area contributed by atoms with E-state index in [1.165, 1.54) is 0 Å². The van der Waals surface area contributed by atoms with Gasteiger partial charge in [0.2, 0.25) is 5.43 Å². The molecule has 1 fully saturated rings. The van der Waals surface area contributed by atoms with Crippen molar-refractivity contribution >= 4 is 29.3 Å². The van der Waals surface area contributed by atoms with Gasteiger partial charge in [-0.2, -0.15) is 0 Å². The number of hydrogen-bond acceptors (Lipinski definition) is 4. The van der Waals surface area contributed by atoms with Gasteiger partial charge < -0.3 is 14.6 Å². The van der Waals surface area contributed by atoms with Crippen molar-refractivity contribution in [2.24, 2.45) is 5.92 Å². The maximum absolute atomic E-state index is 12.6. The number of carbonyl (C=O) groups excluding carboxylic acids is 1. The predicted octanol–water partition coefficient (Wildman–Crippen LogP) is 2.60. The summed E-state index contributed by atoms with van der Waals surface area (Å²) in [5, 5.41) is 3.94. The van der Waals surface area contributed by atoms with Gasteiger partial charge in [0, 0.05) is 18.1 Å². The number of hydrogen-bond donors (Lipinski definition) is 1. The summed E-state index contributed by atoms with van der Waals surface area (Å²) in [7, 11) is 0. The molecule has 1 N–H and O–H groups in total. The lowest BCUT2D eigenvalue weighted by molar-refractivity contribution is 0.0524. The topological polar surface area (TPSA) is 60.3 Å². The maximum Gasteiger partial charge on any atom is 0.343 e. The number of para-hydroxylation sites is 1. The smallest absolute Gasteiger partial charge is 0.343 e. The molecule has 1 aromatic heterocycles. The summed E-state index contributed by atoms with van der Waals surface area (Å²) in [6.07, 6.45) is 3.88. The third-order valence-corrected chi connectivity index (χ3v) is 4.40. The predicted molar refractivity (Wildman–Crippen MR) is 97.0 cm³/mol. The van der Waals surface area contributed by atoms with E-state index >= 15 is 0 Å². The van der Waals surface area contributed by atoms with Gasteiger partial charge in [-0.05, 0) is 50.9 Å². The number of esters is 1. The van der Waals surface area contributed by atoms with Gasteiger partial charge in [0.15, 0.2) is 0 Å². The number of fused-ring (bicyclic) bond motifs is 1. The Labute approximate surface area is 147 Å². The van der Waals surface area contributed by atoms with E-state index in [1.54, 1.807) is 19.2 Å². The Balaban J connectivity index is 0.00000208. The van der Waals surface area contributed by atoms with E-state index in [4.69, 9.17) is 4.74 Å². The van der Waals surface area contributed by atoms with Crippen molar-refractivity contribution < 1.29 is 9.53 Å². The summed E-state index contributed by atoms with van der Waals surface area (Å²) < 4.78 is 7.08. The summed E-state index contributed by atoms with van der Waals surface area (Å²) in [5.74, 6) is 0.0134. The number of halogens is 1. The van der Waals surface area contributed by atoms with Crippen molar-refractivity contribution in [3.05, 3.63) is 46.2 Å². The Morgan fingerprint density at radius 3 is 2.71 bits per heavy atom. The summed E-state index contributed by atoms with van der Waals surface area (Å²) in [6.45, 7) is 4.86. The van der Waals surface area contributed by atoms with E-state index in [-0.39, 0.29) is 30.0 Å². The number of piperidine rings is 1. The van der Waals surface area contributed by atoms with E-state index in [1.807, 2.05) is 22.8 Å². The molecule has 0 saturated carbocycles. The molecule has 5 nitrogen and oxygen atoms in total. The average molecular weight is 351 g/mol. The fraction of sp³-hybridized carbons (Fsp3) is 0.444. The first-order chi connectivity index (χ1) is 11.2. The van der Waals surface area contributed by atoms with Crippen LogP contribution in [-0.4, -0.2) is 30.2 Å². The number of nitrogens with zero attached hydrogens (tertiary/aromatic N) is 1. The van der Waals surface area contributed by atoms with Gasteiger partial charge in [0.25, 0.3) is 0 Å².